The van der Waals surface area contributed by atoms with E-state index < -0.39 is 35.4 Å². The van der Waals surface area contributed by atoms with Crippen molar-refractivity contribution in [1.82, 2.24) is 0 Å². The van der Waals surface area contributed by atoms with Crippen molar-refractivity contribution in [1.29, 1.82) is 0 Å². The fraction of sp³-hybridized carbons (Fsp3) is 0.300. The third-order valence-corrected chi connectivity index (χ3v) is 1.91. The minimum Gasteiger partial charge on any atom is -0.493 e. The van der Waals surface area contributed by atoms with Gasteiger partial charge in [0.25, 0.3) is 5.78 Å². The van der Waals surface area contributed by atoms with Gasteiger partial charge in [0.05, 0.1) is 7.11 Å². The van der Waals surface area contributed by atoms with Crippen LogP contribution >= 0.6 is 0 Å². The van der Waals surface area contributed by atoms with Gasteiger partial charge in [-0.2, -0.15) is 13.2 Å². The number of benzene rings is 1. The van der Waals surface area contributed by atoms with Gasteiger partial charge in [-0.1, -0.05) is 0 Å². The molecule has 106 valence electrons. The number of hydrogen-bond acceptors (Lipinski definition) is 3. The zero-order chi connectivity index (χ0) is 14.8. The van der Waals surface area contributed by atoms with E-state index in [0.717, 1.165) is 7.11 Å². The van der Waals surface area contributed by atoms with Crippen LogP contribution in [-0.4, -0.2) is 25.4 Å². The van der Waals surface area contributed by atoms with Gasteiger partial charge in [0.2, 0.25) is 0 Å². The van der Waals surface area contributed by atoms with E-state index in [-0.39, 0.29) is 0 Å². The molecule has 1 aromatic rings. The Labute approximate surface area is 102 Å². The summed E-state index contributed by atoms with van der Waals surface area (Å²) in [6.07, 6.45) is -10.2. The fourth-order valence-corrected chi connectivity index (χ4v) is 1.18. The maximum absolute atomic E-state index is 12.1. The Morgan fingerprint density at radius 1 is 1.05 bits per heavy atom. The van der Waals surface area contributed by atoms with Crippen molar-refractivity contribution in [3.63, 3.8) is 0 Å². The van der Waals surface area contributed by atoms with Crippen LogP contribution in [0.3, 0.4) is 0 Å². The van der Waals surface area contributed by atoms with Gasteiger partial charge in [0.15, 0.2) is 11.5 Å². The summed E-state index contributed by atoms with van der Waals surface area (Å²) >= 11 is 0. The Balaban J connectivity index is 3.13. The molecule has 0 atom stereocenters. The minimum atomic E-state index is -5.13. The molecule has 0 aliphatic rings. The largest absolute Gasteiger partial charge is 0.573 e. The van der Waals surface area contributed by atoms with E-state index in [4.69, 9.17) is 0 Å². The molecule has 0 bridgehead atoms. The molecule has 0 unspecified atom stereocenters. The maximum atomic E-state index is 12.1. The van der Waals surface area contributed by atoms with Gasteiger partial charge in [-0.3, -0.25) is 4.79 Å². The number of Topliss-reactive ketones (excluding diaryl/α,β-unsaturated/α-hetero) is 1. The summed E-state index contributed by atoms with van der Waals surface area (Å²) in [7, 11) is 0.931. The van der Waals surface area contributed by atoms with Crippen LogP contribution in [0.15, 0.2) is 18.2 Å². The van der Waals surface area contributed by atoms with Gasteiger partial charge < -0.3 is 9.47 Å². The summed E-state index contributed by atoms with van der Waals surface area (Å²) in [5.74, 6) is -3.66. The van der Waals surface area contributed by atoms with Crippen molar-refractivity contribution in [2.75, 3.05) is 7.11 Å². The van der Waals surface area contributed by atoms with Crippen molar-refractivity contribution in [3.8, 4) is 11.5 Å². The second-order valence-electron chi connectivity index (χ2n) is 3.24. The van der Waals surface area contributed by atoms with Crippen LogP contribution in [0.5, 0.6) is 11.5 Å². The van der Waals surface area contributed by atoms with E-state index in [1.165, 1.54) is 0 Å². The predicted molar refractivity (Wildman–Crippen MR) is 50.1 cm³/mol. The lowest BCUT2D eigenvalue weighted by Gasteiger charge is -2.13. The van der Waals surface area contributed by atoms with E-state index >= 15 is 0 Å². The van der Waals surface area contributed by atoms with E-state index in [1.54, 1.807) is 0 Å². The number of ether oxygens (including phenoxy) is 2. The van der Waals surface area contributed by atoms with Gasteiger partial charge in [-0.05, 0) is 18.2 Å². The van der Waals surface area contributed by atoms with Gasteiger partial charge >= 0.3 is 12.5 Å². The van der Waals surface area contributed by atoms with Crippen LogP contribution in [0, 0.1) is 0 Å². The van der Waals surface area contributed by atoms with Gasteiger partial charge in [0.1, 0.15) is 0 Å². The van der Waals surface area contributed by atoms with Crippen molar-refractivity contribution < 1.29 is 40.6 Å². The Bertz CT molecular complexity index is 477. The summed E-state index contributed by atoms with van der Waals surface area (Å²) < 4.78 is 80.3. The highest BCUT2D eigenvalue weighted by Crippen LogP contribution is 2.34. The molecule has 1 aromatic carbocycles. The molecule has 19 heavy (non-hydrogen) atoms. The van der Waals surface area contributed by atoms with Crippen LogP contribution in [0.4, 0.5) is 26.3 Å². The molecule has 0 spiro atoms. The molecule has 9 heteroatoms. The Morgan fingerprint density at radius 2 is 1.63 bits per heavy atom. The number of halogens is 6. The average molecular weight is 288 g/mol. The normalized spacial score (nSPS) is 12.2. The average Bonchev–Trinajstić information content (AvgIpc) is 2.25. The van der Waals surface area contributed by atoms with Crippen molar-refractivity contribution in [3.05, 3.63) is 23.8 Å². The Kier molecular flexibility index (Phi) is 3.97. The summed E-state index contributed by atoms with van der Waals surface area (Å²) in [6, 6.07) is 1.67. The second kappa shape index (κ2) is 4.98. The summed E-state index contributed by atoms with van der Waals surface area (Å²) in [5, 5.41) is 0. The van der Waals surface area contributed by atoms with Gasteiger partial charge in [-0.25, -0.2) is 0 Å². The topological polar surface area (TPSA) is 35.5 Å². The zero-order valence-electron chi connectivity index (χ0n) is 9.22. The highest BCUT2D eigenvalue weighted by molar-refractivity contribution is 6.00. The molecular weight excluding hydrogens is 282 g/mol. The molecule has 0 saturated heterocycles. The zero-order valence-corrected chi connectivity index (χ0v) is 9.22. The molecular formula is C10H6F6O3. The maximum Gasteiger partial charge on any atom is 0.573 e. The number of methoxy groups -OCH3 is 1. The van der Waals surface area contributed by atoms with Crippen molar-refractivity contribution in [2.24, 2.45) is 0 Å². The SMILES string of the molecule is COc1cc(C(=O)C(F)(F)F)ccc1OC(F)(F)F. The third-order valence-electron chi connectivity index (χ3n) is 1.91. The molecule has 0 fully saturated rings. The number of rotatable bonds is 3. The first-order valence-electron chi connectivity index (χ1n) is 4.60. The lowest BCUT2D eigenvalue weighted by Crippen LogP contribution is -2.23. The first-order chi connectivity index (χ1) is 8.54. The lowest BCUT2D eigenvalue weighted by atomic mass is 10.1. The van der Waals surface area contributed by atoms with E-state index in [2.05, 4.69) is 9.47 Å². The third kappa shape index (κ3) is 4.04. The number of ketones is 1. The molecule has 3 nitrogen and oxygen atoms in total. The number of hydrogen-bond donors (Lipinski definition) is 0. The summed E-state index contributed by atoms with van der Waals surface area (Å²) in [6.45, 7) is 0. The van der Waals surface area contributed by atoms with Crippen molar-refractivity contribution >= 4 is 5.78 Å². The van der Waals surface area contributed by atoms with E-state index in [9.17, 15) is 31.1 Å². The highest BCUT2D eigenvalue weighted by atomic mass is 19.4. The smallest absolute Gasteiger partial charge is 0.493 e. The predicted octanol–water partition coefficient (Wildman–Crippen LogP) is 3.34. The van der Waals surface area contributed by atoms with Crippen LogP contribution in [0.2, 0.25) is 0 Å². The second-order valence-corrected chi connectivity index (χ2v) is 3.24. The van der Waals surface area contributed by atoms with Gasteiger partial charge in [0, 0.05) is 5.56 Å². The monoisotopic (exact) mass is 288 g/mol. The summed E-state index contributed by atoms with van der Waals surface area (Å²) in [5.41, 5.74) is -0.848. The highest BCUT2D eigenvalue weighted by Gasteiger charge is 2.40. The molecule has 0 heterocycles. The van der Waals surface area contributed by atoms with Crippen LogP contribution in [0.1, 0.15) is 10.4 Å². The Hall–Kier alpha value is -1.93. The van der Waals surface area contributed by atoms with Crippen LogP contribution in [0.25, 0.3) is 0 Å². The van der Waals surface area contributed by atoms with Gasteiger partial charge in [-0.15, -0.1) is 13.2 Å². The molecule has 0 aliphatic carbocycles. The minimum absolute atomic E-state index is 0.525. The fourth-order valence-electron chi connectivity index (χ4n) is 1.18. The number of carbonyl (C=O) groups excluding carboxylic acids is 1. The summed E-state index contributed by atoms with van der Waals surface area (Å²) in [4.78, 5) is 10.9. The molecule has 0 saturated carbocycles. The number of alkyl halides is 6. The number of carbonyl (C=O) groups is 1. The standard InChI is InChI=1S/C10H6F6O3/c1-18-7-4-5(8(17)9(11,12)13)2-3-6(7)19-10(14,15)16/h2-4H,1H3. The molecule has 0 N–H and O–H groups in total. The first-order valence-corrected chi connectivity index (χ1v) is 4.60. The van der Waals surface area contributed by atoms with Crippen molar-refractivity contribution in [2.45, 2.75) is 12.5 Å². The molecule has 0 amide bonds. The first kappa shape index (κ1) is 15.1. The molecule has 1 rings (SSSR count). The molecule has 0 aromatic heterocycles. The van der Waals surface area contributed by atoms with E-state index in [1.807, 2.05) is 0 Å². The lowest BCUT2D eigenvalue weighted by molar-refractivity contribution is -0.275. The van der Waals surface area contributed by atoms with E-state index in [0.29, 0.717) is 18.2 Å². The van der Waals surface area contributed by atoms with Crippen LogP contribution in [-0.2, 0) is 0 Å². The quantitative estimate of drug-likeness (QED) is 0.632. The molecule has 0 aliphatic heterocycles. The van der Waals surface area contributed by atoms with Crippen LogP contribution < -0.4 is 9.47 Å². The Morgan fingerprint density at radius 3 is 2.05 bits per heavy atom. The molecule has 0 radical (unpaired) electrons.